The summed E-state index contributed by atoms with van der Waals surface area (Å²) >= 11 is 3.31. The summed E-state index contributed by atoms with van der Waals surface area (Å²) < 4.78 is 5.61. The van der Waals surface area contributed by atoms with Gasteiger partial charge in [-0.15, -0.1) is 22.7 Å². The number of thiophene rings is 2. The molecule has 0 amide bonds. The molecule has 0 aliphatic carbocycles. The molecule has 0 saturated carbocycles. The predicted molar refractivity (Wildman–Crippen MR) is 71.1 cm³/mol. The third kappa shape index (κ3) is 3.99. The van der Waals surface area contributed by atoms with Crippen molar-refractivity contribution in [2.24, 2.45) is 0 Å². The van der Waals surface area contributed by atoms with Crippen LogP contribution in [0, 0.1) is 11.8 Å². The van der Waals surface area contributed by atoms with Crippen LogP contribution in [0.2, 0.25) is 0 Å². The highest BCUT2D eigenvalue weighted by molar-refractivity contribution is 7.12. The second kappa shape index (κ2) is 6.58. The SMILES string of the molecule is OCC#Cc1ccc(COCc2cccs2)s1. The van der Waals surface area contributed by atoms with E-state index >= 15 is 0 Å². The van der Waals surface area contributed by atoms with Crippen LogP contribution in [0.5, 0.6) is 0 Å². The Morgan fingerprint density at radius 2 is 2.06 bits per heavy atom. The van der Waals surface area contributed by atoms with Gasteiger partial charge in [-0.25, -0.2) is 0 Å². The fourth-order valence-corrected chi connectivity index (χ4v) is 2.76. The molecule has 0 aliphatic heterocycles. The van der Waals surface area contributed by atoms with Crippen LogP contribution in [0.25, 0.3) is 0 Å². The van der Waals surface area contributed by atoms with Crippen molar-refractivity contribution >= 4 is 22.7 Å². The first kappa shape index (κ1) is 12.3. The minimum absolute atomic E-state index is 0.0951. The van der Waals surface area contributed by atoms with E-state index in [4.69, 9.17) is 9.84 Å². The molecule has 0 saturated heterocycles. The molecule has 1 N–H and O–H groups in total. The summed E-state index contributed by atoms with van der Waals surface area (Å²) in [6.45, 7) is 1.18. The fourth-order valence-electron chi connectivity index (χ4n) is 1.30. The van der Waals surface area contributed by atoms with Crippen LogP contribution in [-0.4, -0.2) is 11.7 Å². The highest BCUT2D eigenvalue weighted by Gasteiger charge is 1.99. The Balaban J connectivity index is 1.81. The van der Waals surface area contributed by atoms with Crippen LogP contribution in [0.1, 0.15) is 14.6 Å². The molecule has 0 aliphatic rings. The lowest BCUT2D eigenvalue weighted by Gasteiger charge is -1.99. The van der Waals surface area contributed by atoms with Crippen molar-refractivity contribution in [2.45, 2.75) is 13.2 Å². The van der Waals surface area contributed by atoms with E-state index in [9.17, 15) is 0 Å². The molecule has 2 heterocycles. The van der Waals surface area contributed by atoms with Gasteiger partial charge in [0.15, 0.2) is 0 Å². The number of ether oxygens (including phenoxy) is 1. The van der Waals surface area contributed by atoms with Gasteiger partial charge in [0.1, 0.15) is 6.61 Å². The first-order valence-electron chi connectivity index (χ1n) is 5.17. The molecule has 0 radical (unpaired) electrons. The summed E-state index contributed by atoms with van der Waals surface area (Å²) in [5, 5.41) is 10.6. The van der Waals surface area contributed by atoms with Crippen LogP contribution in [0.15, 0.2) is 29.6 Å². The molecule has 0 fully saturated rings. The van der Waals surface area contributed by atoms with E-state index in [0.717, 1.165) is 9.75 Å². The monoisotopic (exact) mass is 264 g/mol. The third-order valence-corrected chi connectivity index (χ3v) is 3.85. The van der Waals surface area contributed by atoms with Crippen molar-refractivity contribution in [3.05, 3.63) is 44.3 Å². The van der Waals surface area contributed by atoms with Crippen molar-refractivity contribution in [1.29, 1.82) is 0 Å². The van der Waals surface area contributed by atoms with Gasteiger partial charge >= 0.3 is 0 Å². The molecule has 0 bridgehead atoms. The summed E-state index contributed by atoms with van der Waals surface area (Å²) in [5.41, 5.74) is 0. The Morgan fingerprint density at radius 1 is 1.18 bits per heavy atom. The van der Waals surface area contributed by atoms with E-state index in [-0.39, 0.29) is 6.61 Å². The number of aliphatic hydroxyl groups is 1. The maximum Gasteiger partial charge on any atom is 0.104 e. The van der Waals surface area contributed by atoms with E-state index in [1.165, 1.54) is 4.88 Å². The minimum Gasteiger partial charge on any atom is -0.384 e. The van der Waals surface area contributed by atoms with Crippen LogP contribution in [-0.2, 0) is 18.0 Å². The molecule has 2 nitrogen and oxygen atoms in total. The summed E-state index contributed by atoms with van der Waals surface area (Å²) in [6.07, 6.45) is 0. The first-order valence-corrected chi connectivity index (χ1v) is 6.86. The lowest BCUT2D eigenvalue weighted by Crippen LogP contribution is -1.89. The Labute approximate surface area is 109 Å². The highest BCUT2D eigenvalue weighted by atomic mass is 32.1. The van der Waals surface area contributed by atoms with Gasteiger partial charge in [-0.1, -0.05) is 17.9 Å². The standard InChI is InChI=1S/C13H12O2S2/c14-7-1-3-11-5-6-13(17-11)10-15-9-12-4-2-8-16-12/h2,4-6,8,14H,7,9-10H2. The number of hydrogen-bond acceptors (Lipinski definition) is 4. The number of aliphatic hydroxyl groups excluding tert-OH is 1. The van der Waals surface area contributed by atoms with E-state index in [0.29, 0.717) is 13.2 Å². The first-order chi connectivity index (χ1) is 8.38. The molecule has 0 atom stereocenters. The maximum atomic E-state index is 8.59. The van der Waals surface area contributed by atoms with Gasteiger partial charge in [0.05, 0.1) is 18.1 Å². The third-order valence-electron chi connectivity index (χ3n) is 2.02. The van der Waals surface area contributed by atoms with Crippen LogP contribution in [0.4, 0.5) is 0 Å². The molecular weight excluding hydrogens is 252 g/mol. The van der Waals surface area contributed by atoms with Crippen molar-refractivity contribution in [3.63, 3.8) is 0 Å². The van der Waals surface area contributed by atoms with Gasteiger partial charge in [-0.3, -0.25) is 0 Å². The molecule has 88 valence electrons. The minimum atomic E-state index is -0.0951. The van der Waals surface area contributed by atoms with E-state index in [1.54, 1.807) is 22.7 Å². The van der Waals surface area contributed by atoms with E-state index < -0.39 is 0 Å². The summed E-state index contributed by atoms with van der Waals surface area (Å²) in [6, 6.07) is 8.06. The van der Waals surface area contributed by atoms with Crippen LogP contribution in [0.3, 0.4) is 0 Å². The number of hydrogen-bond donors (Lipinski definition) is 1. The van der Waals surface area contributed by atoms with E-state index in [2.05, 4.69) is 17.9 Å². The molecule has 2 aromatic rings. The molecular formula is C13H12O2S2. The molecule has 0 spiro atoms. The Bertz CT molecular complexity index is 503. The fraction of sp³-hybridized carbons (Fsp3) is 0.231. The molecule has 2 aromatic heterocycles. The van der Waals surface area contributed by atoms with Crippen LogP contribution >= 0.6 is 22.7 Å². The average molecular weight is 264 g/mol. The predicted octanol–water partition coefficient (Wildman–Crippen LogP) is 2.87. The summed E-state index contributed by atoms with van der Waals surface area (Å²) in [5.74, 6) is 5.52. The van der Waals surface area contributed by atoms with Gasteiger partial charge < -0.3 is 9.84 Å². The normalized spacial score (nSPS) is 9.94. The van der Waals surface area contributed by atoms with Crippen molar-refractivity contribution in [3.8, 4) is 11.8 Å². The smallest absolute Gasteiger partial charge is 0.104 e. The average Bonchev–Trinajstić information content (AvgIpc) is 2.98. The van der Waals surface area contributed by atoms with Crippen molar-refractivity contribution in [1.82, 2.24) is 0 Å². The Morgan fingerprint density at radius 3 is 2.82 bits per heavy atom. The molecule has 17 heavy (non-hydrogen) atoms. The lowest BCUT2D eigenvalue weighted by atomic mass is 10.4. The maximum absolute atomic E-state index is 8.59. The summed E-state index contributed by atoms with van der Waals surface area (Å²) in [7, 11) is 0. The summed E-state index contributed by atoms with van der Waals surface area (Å²) in [4.78, 5) is 3.36. The Kier molecular flexibility index (Phi) is 4.77. The topological polar surface area (TPSA) is 29.5 Å². The molecule has 2 rings (SSSR count). The lowest BCUT2D eigenvalue weighted by molar-refractivity contribution is 0.111. The van der Waals surface area contributed by atoms with Gasteiger partial charge in [-0.2, -0.15) is 0 Å². The second-order valence-electron chi connectivity index (χ2n) is 3.30. The molecule has 0 unspecified atom stereocenters. The van der Waals surface area contributed by atoms with Crippen molar-refractivity contribution in [2.75, 3.05) is 6.61 Å². The van der Waals surface area contributed by atoms with E-state index in [1.807, 2.05) is 23.6 Å². The van der Waals surface area contributed by atoms with Gasteiger partial charge in [0.2, 0.25) is 0 Å². The van der Waals surface area contributed by atoms with Crippen LogP contribution < -0.4 is 0 Å². The zero-order valence-corrected chi connectivity index (χ0v) is 10.8. The largest absolute Gasteiger partial charge is 0.384 e. The van der Waals surface area contributed by atoms with Crippen molar-refractivity contribution < 1.29 is 9.84 Å². The Hall–Kier alpha value is -1.12. The second-order valence-corrected chi connectivity index (χ2v) is 5.50. The molecule has 0 aromatic carbocycles. The highest BCUT2D eigenvalue weighted by Crippen LogP contribution is 2.17. The van der Waals surface area contributed by atoms with Gasteiger partial charge in [0.25, 0.3) is 0 Å². The quantitative estimate of drug-likeness (QED) is 0.860. The van der Waals surface area contributed by atoms with Gasteiger partial charge in [0, 0.05) is 9.75 Å². The zero-order chi connectivity index (χ0) is 11.9. The molecule has 4 heteroatoms. The number of rotatable bonds is 4. The zero-order valence-electron chi connectivity index (χ0n) is 9.18. The van der Waals surface area contributed by atoms with Gasteiger partial charge in [-0.05, 0) is 23.6 Å².